The van der Waals surface area contributed by atoms with Crippen LogP contribution in [0.3, 0.4) is 0 Å². The van der Waals surface area contributed by atoms with Crippen molar-refractivity contribution in [3.05, 3.63) is 130 Å². The van der Waals surface area contributed by atoms with Gasteiger partial charge in [-0.1, -0.05) is 67.1 Å². The van der Waals surface area contributed by atoms with E-state index in [0.29, 0.717) is 41.3 Å². The summed E-state index contributed by atoms with van der Waals surface area (Å²) < 4.78 is 58.4. The zero-order valence-electron chi connectivity index (χ0n) is 25.1. The lowest BCUT2D eigenvalue weighted by atomic mass is 9.81. The Morgan fingerprint density at radius 3 is 2.36 bits per heavy atom. The summed E-state index contributed by atoms with van der Waals surface area (Å²) in [6.45, 7) is 4.51. The lowest BCUT2D eigenvalue weighted by Gasteiger charge is -2.40. The molecule has 0 aromatic heterocycles. The molecule has 0 aliphatic carbocycles. The third-order valence-corrected chi connectivity index (χ3v) is 10.7. The molecule has 10 heteroatoms. The van der Waals surface area contributed by atoms with Gasteiger partial charge in [0, 0.05) is 53.3 Å². The van der Waals surface area contributed by atoms with Gasteiger partial charge in [-0.2, -0.15) is 4.31 Å². The van der Waals surface area contributed by atoms with Gasteiger partial charge in [0.05, 0.1) is 4.90 Å². The second-order valence-corrected chi connectivity index (χ2v) is 13.8. The van der Waals surface area contributed by atoms with Gasteiger partial charge in [0.2, 0.25) is 15.9 Å². The number of nitrogens with zero attached hydrogens (tertiary/aromatic N) is 1. The Bertz CT molecular complexity index is 1710. The molecule has 45 heavy (non-hydrogen) atoms. The summed E-state index contributed by atoms with van der Waals surface area (Å²) in [6.07, 6.45) is 0.523. The van der Waals surface area contributed by atoms with Crippen LogP contribution in [0.5, 0.6) is 0 Å². The monoisotopic (exact) mass is 651 g/mol. The van der Waals surface area contributed by atoms with Gasteiger partial charge in [-0.25, -0.2) is 17.2 Å². The van der Waals surface area contributed by atoms with Gasteiger partial charge in [0.15, 0.2) is 0 Å². The molecule has 4 aromatic rings. The zero-order valence-corrected chi connectivity index (χ0v) is 26.7. The lowest BCUT2D eigenvalue weighted by molar-refractivity contribution is -0.119. The van der Waals surface area contributed by atoms with Gasteiger partial charge in [0.1, 0.15) is 11.6 Å². The van der Waals surface area contributed by atoms with Gasteiger partial charge in [0.25, 0.3) is 0 Å². The fourth-order valence-electron chi connectivity index (χ4n) is 6.18. The molecule has 236 valence electrons. The maximum atomic E-state index is 15.4. The molecule has 2 N–H and O–H groups in total. The largest absolute Gasteiger partial charge is 0.325 e. The Morgan fingerprint density at radius 1 is 0.956 bits per heavy atom. The van der Waals surface area contributed by atoms with Crippen LogP contribution in [0, 0.1) is 17.6 Å². The van der Waals surface area contributed by atoms with E-state index in [0.717, 1.165) is 5.56 Å². The fraction of sp³-hybridized carbons (Fsp3) is 0.286. The number of hydrogen-bond acceptors (Lipinski definition) is 4. The van der Waals surface area contributed by atoms with E-state index in [4.69, 9.17) is 11.6 Å². The first kappa shape index (κ1) is 32.8. The highest BCUT2D eigenvalue weighted by Gasteiger charge is 2.38. The average molecular weight is 652 g/mol. The number of nitrogens with one attached hydrogen (secondary N) is 2. The molecule has 1 saturated heterocycles. The van der Waals surface area contributed by atoms with E-state index in [2.05, 4.69) is 10.6 Å². The fourth-order valence-corrected chi connectivity index (χ4v) is 8.25. The van der Waals surface area contributed by atoms with Crippen molar-refractivity contribution in [2.45, 2.75) is 49.6 Å². The number of carbonyl (C=O) groups excluding carboxylic acids is 1. The Kier molecular flexibility index (Phi) is 10.3. The first-order valence-electron chi connectivity index (χ1n) is 14.9. The molecule has 1 aliphatic heterocycles. The Labute approximate surface area is 268 Å². The third kappa shape index (κ3) is 7.44. The highest BCUT2D eigenvalue weighted by atomic mass is 35.5. The number of benzene rings is 4. The first-order chi connectivity index (χ1) is 21.6. The molecular weight excluding hydrogens is 616 g/mol. The standard InChI is InChI=1S/C35H36ClF2N3O3S/c1-23-21-39-22-29(41(23)45(43,44)30-13-4-3-5-14-30)17-18-31-32(38)15-8-16-33(31)40-35(42)24(2)34(25-9-6-11-27(36)19-25)26-10-7-12-28(37)20-26/h3-16,19-20,23-24,29,34,39H,17-18,21-22H2,1-2H3,(H,40,42)/t23-,24-,29-,34-/m0/s1. The molecule has 1 aliphatic rings. The topological polar surface area (TPSA) is 78.5 Å². The number of hydrogen-bond donors (Lipinski definition) is 2. The lowest BCUT2D eigenvalue weighted by Crippen LogP contribution is -2.58. The summed E-state index contributed by atoms with van der Waals surface area (Å²) in [5.41, 5.74) is 1.95. The van der Waals surface area contributed by atoms with Crippen molar-refractivity contribution < 1.29 is 22.0 Å². The molecular formula is C35H36ClF2N3O3S. The van der Waals surface area contributed by atoms with Crippen molar-refractivity contribution >= 4 is 33.2 Å². The van der Waals surface area contributed by atoms with Crippen molar-refractivity contribution in [3.63, 3.8) is 0 Å². The normalized spacial score (nSPS) is 18.7. The Hall–Kier alpha value is -3.63. The van der Waals surface area contributed by atoms with Crippen LogP contribution in [0.2, 0.25) is 5.02 Å². The predicted octanol–water partition coefficient (Wildman–Crippen LogP) is 7.01. The third-order valence-electron chi connectivity index (χ3n) is 8.37. The minimum Gasteiger partial charge on any atom is -0.325 e. The summed E-state index contributed by atoms with van der Waals surface area (Å²) in [6, 6.07) is 25.3. The van der Waals surface area contributed by atoms with Crippen molar-refractivity contribution in [1.82, 2.24) is 9.62 Å². The molecule has 1 amide bonds. The molecule has 0 radical (unpaired) electrons. The van der Waals surface area contributed by atoms with E-state index < -0.39 is 39.5 Å². The summed E-state index contributed by atoms with van der Waals surface area (Å²) in [5, 5.41) is 6.70. The van der Waals surface area contributed by atoms with E-state index in [9.17, 15) is 17.6 Å². The average Bonchev–Trinajstić information content (AvgIpc) is 3.01. The smallest absolute Gasteiger partial charge is 0.243 e. The molecule has 0 bridgehead atoms. The Morgan fingerprint density at radius 2 is 1.64 bits per heavy atom. The molecule has 4 aromatic carbocycles. The quantitative estimate of drug-likeness (QED) is 0.193. The van der Waals surface area contributed by atoms with Crippen LogP contribution in [0.25, 0.3) is 0 Å². The number of amides is 1. The SMILES string of the molecule is C[C@H](C(=O)Nc1cccc(F)c1CC[C@H]1CNC[C@H](C)N1S(=O)(=O)c1ccccc1)[C@H](c1cccc(F)c1)c1cccc(Cl)c1. The molecule has 0 spiro atoms. The highest BCUT2D eigenvalue weighted by molar-refractivity contribution is 7.89. The van der Waals surface area contributed by atoms with Crippen molar-refractivity contribution in [2.75, 3.05) is 18.4 Å². The molecule has 1 heterocycles. The number of rotatable bonds is 10. The zero-order chi connectivity index (χ0) is 32.1. The summed E-state index contributed by atoms with van der Waals surface area (Å²) >= 11 is 6.28. The predicted molar refractivity (Wildman–Crippen MR) is 174 cm³/mol. The number of piperazine rings is 1. The van der Waals surface area contributed by atoms with Crippen LogP contribution in [0.1, 0.15) is 42.9 Å². The highest BCUT2D eigenvalue weighted by Crippen LogP contribution is 2.35. The molecule has 5 rings (SSSR count). The second kappa shape index (κ2) is 14.2. The first-order valence-corrected chi connectivity index (χ1v) is 16.8. The maximum absolute atomic E-state index is 15.4. The van der Waals surface area contributed by atoms with Crippen LogP contribution >= 0.6 is 11.6 Å². The summed E-state index contributed by atoms with van der Waals surface area (Å²) in [4.78, 5) is 14.0. The van der Waals surface area contributed by atoms with Crippen molar-refractivity contribution in [3.8, 4) is 0 Å². The number of anilines is 1. The maximum Gasteiger partial charge on any atom is 0.243 e. The minimum atomic E-state index is -3.79. The van der Waals surface area contributed by atoms with Gasteiger partial charge in [-0.15, -0.1) is 0 Å². The number of carbonyl (C=O) groups is 1. The van der Waals surface area contributed by atoms with Gasteiger partial charge in [-0.05, 0) is 79.4 Å². The van der Waals surface area contributed by atoms with E-state index >= 15 is 4.39 Å². The van der Waals surface area contributed by atoms with Gasteiger partial charge < -0.3 is 10.6 Å². The van der Waals surface area contributed by atoms with Crippen LogP contribution in [-0.2, 0) is 21.2 Å². The molecule has 0 saturated carbocycles. The van der Waals surface area contributed by atoms with E-state index in [1.54, 1.807) is 73.7 Å². The van der Waals surface area contributed by atoms with Gasteiger partial charge >= 0.3 is 0 Å². The van der Waals surface area contributed by atoms with Crippen molar-refractivity contribution in [2.24, 2.45) is 5.92 Å². The van der Waals surface area contributed by atoms with Gasteiger partial charge in [-0.3, -0.25) is 4.79 Å². The minimum absolute atomic E-state index is 0.193. The van der Waals surface area contributed by atoms with Crippen LogP contribution in [-0.4, -0.2) is 43.8 Å². The van der Waals surface area contributed by atoms with Crippen LogP contribution in [0.4, 0.5) is 14.5 Å². The number of halogens is 3. The van der Waals surface area contributed by atoms with Crippen molar-refractivity contribution in [1.29, 1.82) is 0 Å². The van der Waals surface area contributed by atoms with Crippen LogP contribution in [0.15, 0.2) is 102 Å². The molecule has 0 unspecified atom stereocenters. The van der Waals surface area contributed by atoms with E-state index in [-0.39, 0.29) is 23.3 Å². The Balaban J connectivity index is 1.39. The molecule has 6 nitrogen and oxygen atoms in total. The summed E-state index contributed by atoms with van der Waals surface area (Å²) in [7, 11) is -3.79. The van der Waals surface area contributed by atoms with E-state index in [1.807, 2.05) is 13.0 Å². The van der Waals surface area contributed by atoms with E-state index in [1.165, 1.54) is 28.6 Å². The summed E-state index contributed by atoms with van der Waals surface area (Å²) in [5.74, 6) is -2.50. The number of sulfonamides is 1. The second-order valence-electron chi connectivity index (χ2n) is 11.5. The molecule has 4 atom stereocenters. The van der Waals surface area contributed by atoms with Crippen LogP contribution < -0.4 is 10.6 Å². The molecule has 1 fully saturated rings.